The summed E-state index contributed by atoms with van der Waals surface area (Å²) in [5.41, 5.74) is 1.30. The van der Waals surface area contributed by atoms with Gasteiger partial charge in [0.25, 0.3) is 11.5 Å². The lowest BCUT2D eigenvalue weighted by Crippen LogP contribution is -2.33. The number of nitrogens with zero attached hydrogens (tertiary/aromatic N) is 3. The fourth-order valence-electron chi connectivity index (χ4n) is 2.40. The van der Waals surface area contributed by atoms with Gasteiger partial charge in [0, 0.05) is 23.7 Å². The van der Waals surface area contributed by atoms with Crippen molar-refractivity contribution in [3.8, 4) is 0 Å². The van der Waals surface area contributed by atoms with Gasteiger partial charge in [-0.2, -0.15) is 5.10 Å². The lowest BCUT2D eigenvalue weighted by molar-refractivity contribution is 0.0978. The number of halogens is 2. The van der Waals surface area contributed by atoms with E-state index < -0.39 is 11.7 Å². The maximum Gasteiger partial charge on any atom is 0.279 e. The fraction of sp³-hybridized carbons (Fsp3) is 0.167. The van der Waals surface area contributed by atoms with Gasteiger partial charge < -0.3 is 4.90 Å². The van der Waals surface area contributed by atoms with Crippen LogP contribution in [0.4, 0.5) is 10.1 Å². The zero-order valence-corrected chi connectivity index (χ0v) is 15.6. The summed E-state index contributed by atoms with van der Waals surface area (Å²) in [6, 6.07) is 8.73. The van der Waals surface area contributed by atoms with Crippen LogP contribution in [0.15, 0.2) is 46.6 Å². The Morgan fingerprint density at radius 1 is 1.31 bits per heavy atom. The van der Waals surface area contributed by atoms with Gasteiger partial charge in [-0.3, -0.25) is 9.59 Å². The van der Waals surface area contributed by atoms with E-state index in [4.69, 9.17) is 11.6 Å². The third-order valence-electron chi connectivity index (χ3n) is 3.91. The lowest BCUT2D eigenvalue weighted by Gasteiger charge is -2.23. The Bertz CT molecular complexity index is 1030. The molecule has 0 fully saturated rings. The first-order valence-electron chi connectivity index (χ1n) is 7.71. The average molecular weight is 392 g/mol. The van der Waals surface area contributed by atoms with Crippen molar-refractivity contribution in [1.29, 1.82) is 0 Å². The second-order valence-corrected chi connectivity index (χ2v) is 7.10. The molecule has 0 unspecified atom stereocenters. The Morgan fingerprint density at radius 2 is 2.08 bits per heavy atom. The van der Waals surface area contributed by atoms with Crippen LogP contribution in [-0.4, -0.2) is 15.7 Å². The number of carbonyl (C=O) groups excluding carboxylic acids is 1. The van der Waals surface area contributed by atoms with Crippen molar-refractivity contribution in [2.24, 2.45) is 7.05 Å². The zero-order chi connectivity index (χ0) is 18.8. The topological polar surface area (TPSA) is 55.2 Å². The summed E-state index contributed by atoms with van der Waals surface area (Å²) >= 11 is 7.42. The van der Waals surface area contributed by atoms with Gasteiger partial charge >= 0.3 is 0 Å². The predicted octanol–water partition coefficient (Wildman–Crippen LogP) is 3.79. The summed E-state index contributed by atoms with van der Waals surface area (Å²) < 4.78 is 14.6. The SMILES string of the molecule is Cc1ccsc1CN(C(=O)c1ccc(=O)n(C)n1)c1ccc(F)c(Cl)c1. The molecule has 0 atom stereocenters. The minimum atomic E-state index is -0.560. The van der Waals surface area contributed by atoms with Crippen LogP contribution in [0, 0.1) is 12.7 Å². The number of aromatic nitrogens is 2. The van der Waals surface area contributed by atoms with E-state index in [1.54, 1.807) is 0 Å². The van der Waals surface area contributed by atoms with Crippen molar-refractivity contribution in [1.82, 2.24) is 9.78 Å². The van der Waals surface area contributed by atoms with Crippen molar-refractivity contribution >= 4 is 34.5 Å². The van der Waals surface area contributed by atoms with E-state index >= 15 is 0 Å². The highest BCUT2D eigenvalue weighted by Crippen LogP contribution is 2.27. The van der Waals surface area contributed by atoms with Crippen LogP contribution >= 0.6 is 22.9 Å². The van der Waals surface area contributed by atoms with Crippen molar-refractivity contribution in [2.45, 2.75) is 13.5 Å². The molecule has 0 saturated carbocycles. The highest BCUT2D eigenvalue weighted by atomic mass is 35.5. The fourth-order valence-corrected chi connectivity index (χ4v) is 3.47. The molecule has 2 heterocycles. The molecular weight excluding hydrogens is 377 g/mol. The van der Waals surface area contributed by atoms with Crippen molar-refractivity contribution in [3.63, 3.8) is 0 Å². The first-order chi connectivity index (χ1) is 12.4. The van der Waals surface area contributed by atoms with E-state index in [0.717, 1.165) is 15.1 Å². The molecular formula is C18H15ClFN3O2S. The van der Waals surface area contributed by atoms with E-state index in [9.17, 15) is 14.0 Å². The largest absolute Gasteiger partial charge is 0.302 e. The highest BCUT2D eigenvalue weighted by Gasteiger charge is 2.22. The minimum absolute atomic E-state index is 0.0726. The molecule has 0 aliphatic heterocycles. The van der Waals surface area contributed by atoms with Gasteiger partial charge in [0.15, 0.2) is 0 Å². The molecule has 0 spiro atoms. The molecule has 0 aliphatic carbocycles. The molecule has 8 heteroatoms. The maximum atomic E-state index is 13.5. The summed E-state index contributed by atoms with van der Waals surface area (Å²) in [5.74, 6) is -0.966. The molecule has 0 bridgehead atoms. The molecule has 3 aromatic rings. The zero-order valence-electron chi connectivity index (χ0n) is 14.1. The summed E-state index contributed by atoms with van der Waals surface area (Å²) in [6.07, 6.45) is 0. The van der Waals surface area contributed by atoms with Gasteiger partial charge in [-0.15, -0.1) is 11.3 Å². The van der Waals surface area contributed by atoms with E-state index in [1.807, 2.05) is 18.4 Å². The average Bonchev–Trinajstić information content (AvgIpc) is 3.02. The first kappa shape index (κ1) is 18.3. The molecule has 3 rings (SSSR count). The molecule has 0 aliphatic rings. The van der Waals surface area contributed by atoms with Gasteiger partial charge in [-0.25, -0.2) is 9.07 Å². The lowest BCUT2D eigenvalue weighted by atomic mass is 10.2. The number of amides is 1. The van der Waals surface area contributed by atoms with Gasteiger partial charge in [-0.1, -0.05) is 11.6 Å². The van der Waals surface area contributed by atoms with Crippen LogP contribution in [0.1, 0.15) is 20.9 Å². The Balaban J connectivity index is 2.05. The maximum absolute atomic E-state index is 13.5. The summed E-state index contributed by atoms with van der Waals surface area (Å²) in [6.45, 7) is 2.24. The summed E-state index contributed by atoms with van der Waals surface area (Å²) in [4.78, 5) is 27.1. The smallest absolute Gasteiger partial charge is 0.279 e. The molecule has 5 nitrogen and oxygen atoms in total. The van der Waals surface area contributed by atoms with Crippen LogP contribution in [0.5, 0.6) is 0 Å². The number of benzene rings is 1. The quantitative estimate of drug-likeness (QED) is 0.680. The molecule has 134 valence electrons. The number of carbonyl (C=O) groups is 1. The molecule has 1 amide bonds. The molecule has 0 saturated heterocycles. The number of aryl methyl sites for hydroxylation is 2. The first-order valence-corrected chi connectivity index (χ1v) is 8.97. The number of anilines is 1. The summed E-state index contributed by atoms with van der Waals surface area (Å²) in [7, 11) is 1.47. The van der Waals surface area contributed by atoms with Gasteiger partial charge in [0.1, 0.15) is 11.5 Å². The Labute approximate surface area is 158 Å². The highest BCUT2D eigenvalue weighted by molar-refractivity contribution is 7.10. The number of hydrogen-bond acceptors (Lipinski definition) is 4. The van der Waals surface area contributed by atoms with Crippen molar-refractivity contribution in [3.05, 3.63) is 79.1 Å². The van der Waals surface area contributed by atoms with E-state index in [0.29, 0.717) is 5.69 Å². The van der Waals surface area contributed by atoms with Crippen molar-refractivity contribution < 1.29 is 9.18 Å². The van der Waals surface area contributed by atoms with Crippen molar-refractivity contribution in [2.75, 3.05) is 4.90 Å². The van der Waals surface area contributed by atoms with Crippen LogP contribution in [0.3, 0.4) is 0 Å². The Hall–Kier alpha value is -2.51. The molecule has 1 aromatic carbocycles. The Morgan fingerprint density at radius 3 is 2.69 bits per heavy atom. The van der Waals surface area contributed by atoms with E-state index in [-0.39, 0.29) is 22.8 Å². The second-order valence-electron chi connectivity index (χ2n) is 5.70. The Kier molecular flexibility index (Phi) is 5.20. The monoisotopic (exact) mass is 391 g/mol. The molecule has 0 radical (unpaired) electrons. The van der Waals surface area contributed by atoms with Crippen LogP contribution in [0.2, 0.25) is 5.02 Å². The summed E-state index contributed by atoms with van der Waals surface area (Å²) in [5, 5.41) is 5.89. The molecule has 2 aromatic heterocycles. The number of rotatable bonds is 4. The minimum Gasteiger partial charge on any atom is -0.302 e. The van der Waals surface area contributed by atoms with Gasteiger partial charge in [0.05, 0.1) is 11.6 Å². The standard InChI is InChI=1S/C18H15ClFN3O2S/c1-11-7-8-26-16(11)10-23(12-3-4-14(20)13(19)9-12)18(25)15-5-6-17(24)22(2)21-15/h3-9H,10H2,1-2H3. The normalized spacial score (nSPS) is 10.8. The van der Waals surface area contributed by atoms with E-state index in [1.165, 1.54) is 53.6 Å². The third-order valence-corrected chi connectivity index (χ3v) is 5.21. The third kappa shape index (κ3) is 3.68. The second kappa shape index (κ2) is 7.39. The van der Waals surface area contributed by atoms with Crippen LogP contribution in [-0.2, 0) is 13.6 Å². The van der Waals surface area contributed by atoms with Crippen LogP contribution in [0.25, 0.3) is 0 Å². The number of thiophene rings is 1. The molecule has 26 heavy (non-hydrogen) atoms. The predicted molar refractivity (Wildman–Crippen MR) is 100 cm³/mol. The van der Waals surface area contributed by atoms with E-state index in [2.05, 4.69) is 5.10 Å². The van der Waals surface area contributed by atoms with Gasteiger partial charge in [0.2, 0.25) is 0 Å². The number of hydrogen-bond donors (Lipinski definition) is 0. The van der Waals surface area contributed by atoms with Gasteiger partial charge in [-0.05, 0) is 48.2 Å². The molecule has 0 N–H and O–H groups in total. The van der Waals surface area contributed by atoms with Crippen LogP contribution < -0.4 is 10.5 Å².